The molecule has 5 heteroatoms. The molecule has 2 rings (SSSR count). The standard InChI is InChI=1S/C20H24N2O3/c1-4-22-20-17(24-3)12-16(14(2)19(20)21)10-11-18(23)25-13-15-8-6-5-7-9-15/h5-12,22H,4,13,21H2,1-3H3/b11-10+. The van der Waals surface area contributed by atoms with Crippen molar-refractivity contribution in [2.45, 2.75) is 20.5 Å². The molecule has 2 aromatic rings. The van der Waals surface area contributed by atoms with Gasteiger partial charge in [0.2, 0.25) is 0 Å². The van der Waals surface area contributed by atoms with E-state index in [2.05, 4.69) is 5.32 Å². The third-order valence-corrected chi connectivity index (χ3v) is 3.84. The summed E-state index contributed by atoms with van der Waals surface area (Å²) in [5, 5.41) is 3.20. The van der Waals surface area contributed by atoms with Gasteiger partial charge in [0.25, 0.3) is 0 Å². The van der Waals surface area contributed by atoms with E-state index in [-0.39, 0.29) is 6.61 Å². The van der Waals surface area contributed by atoms with E-state index in [0.717, 1.165) is 28.9 Å². The molecule has 0 unspecified atom stereocenters. The van der Waals surface area contributed by atoms with Gasteiger partial charge in [-0.2, -0.15) is 0 Å². The van der Waals surface area contributed by atoms with Crippen LogP contribution >= 0.6 is 0 Å². The molecule has 0 spiro atoms. The van der Waals surface area contributed by atoms with Gasteiger partial charge in [-0.1, -0.05) is 30.3 Å². The third kappa shape index (κ3) is 4.76. The summed E-state index contributed by atoms with van der Waals surface area (Å²) >= 11 is 0. The second kappa shape index (κ2) is 8.78. The summed E-state index contributed by atoms with van der Waals surface area (Å²) in [4.78, 5) is 11.9. The first kappa shape index (κ1) is 18.4. The van der Waals surface area contributed by atoms with Gasteiger partial charge in [-0.05, 0) is 42.7 Å². The van der Waals surface area contributed by atoms with E-state index in [0.29, 0.717) is 11.4 Å². The highest BCUT2D eigenvalue weighted by atomic mass is 16.5. The number of hydrogen-bond acceptors (Lipinski definition) is 5. The number of carbonyl (C=O) groups is 1. The molecule has 0 heterocycles. The van der Waals surface area contributed by atoms with Gasteiger partial charge in [0.05, 0.1) is 12.8 Å². The van der Waals surface area contributed by atoms with Crippen LogP contribution in [0, 0.1) is 6.92 Å². The minimum Gasteiger partial charge on any atom is -0.494 e. The number of anilines is 2. The SMILES string of the molecule is CCNc1c(OC)cc(/C=C/C(=O)OCc2ccccc2)c(C)c1N. The quantitative estimate of drug-likeness (QED) is 0.456. The molecule has 0 fully saturated rings. The lowest BCUT2D eigenvalue weighted by Crippen LogP contribution is -2.06. The summed E-state index contributed by atoms with van der Waals surface area (Å²) < 4.78 is 10.6. The molecule has 3 N–H and O–H groups in total. The fraction of sp³-hybridized carbons (Fsp3) is 0.250. The molecule has 2 aromatic carbocycles. The van der Waals surface area contributed by atoms with Crippen LogP contribution in [0.15, 0.2) is 42.5 Å². The van der Waals surface area contributed by atoms with E-state index in [4.69, 9.17) is 15.2 Å². The van der Waals surface area contributed by atoms with E-state index < -0.39 is 5.97 Å². The molecule has 0 saturated carbocycles. The van der Waals surface area contributed by atoms with Crippen molar-refractivity contribution >= 4 is 23.4 Å². The maximum atomic E-state index is 11.9. The highest BCUT2D eigenvalue weighted by Crippen LogP contribution is 2.36. The average molecular weight is 340 g/mol. The zero-order valence-electron chi connectivity index (χ0n) is 14.8. The molecule has 0 aromatic heterocycles. The van der Waals surface area contributed by atoms with Gasteiger partial charge in [-0.15, -0.1) is 0 Å². The number of nitrogens with one attached hydrogen (secondary N) is 1. The monoisotopic (exact) mass is 340 g/mol. The van der Waals surface area contributed by atoms with Gasteiger partial charge in [-0.25, -0.2) is 4.79 Å². The Labute approximate surface area is 148 Å². The lowest BCUT2D eigenvalue weighted by atomic mass is 10.0. The van der Waals surface area contributed by atoms with Gasteiger partial charge in [0, 0.05) is 12.6 Å². The van der Waals surface area contributed by atoms with Crippen molar-refractivity contribution in [3.05, 3.63) is 59.2 Å². The summed E-state index contributed by atoms with van der Waals surface area (Å²) in [7, 11) is 1.59. The van der Waals surface area contributed by atoms with E-state index in [1.54, 1.807) is 13.2 Å². The maximum absolute atomic E-state index is 11.9. The van der Waals surface area contributed by atoms with E-state index in [1.807, 2.05) is 50.2 Å². The molecule has 0 amide bonds. The van der Waals surface area contributed by atoms with Gasteiger partial charge >= 0.3 is 5.97 Å². The molecule has 0 aliphatic heterocycles. The van der Waals surface area contributed by atoms with Crippen LogP contribution < -0.4 is 15.8 Å². The second-order valence-corrected chi connectivity index (χ2v) is 5.54. The predicted octanol–water partition coefficient (Wildman–Crippen LogP) is 3.77. The van der Waals surface area contributed by atoms with Gasteiger partial charge in [-0.3, -0.25) is 0 Å². The number of nitrogen functional groups attached to an aromatic ring is 1. The van der Waals surface area contributed by atoms with E-state index in [9.17, 15) is 4.79 Å². The summed E-state index contributed by atoms with van der Waals surface area (Å²) in [6.45, 7) is 4.88. The van der Waals surface area contributed by atoms with Crippen LogP contribution in [-0.4, -0.2) is 19.6 Å². The predicted molar refractivity (Wildman–Crippen MR) is 102 cm³/mol. The fourth-order valence-electron chi connectivity index (χ4n) is 2.43. The van der Waals surface area contributed by atoms with Crippen molar-refractivity contribution in [3.63, 3.8) is 0 Å². The zero-order valence-corrected chi connectivity index (χ0v) is 14.8. The van der Waals surface area contributed by atoms with E-state index in [1.165, 1.54) is 6.08 Å². The van der Waals surface area contributed by atoms with E-state index >= 15 is 0 Å². The molecule has 25 heavy (non-hydrogen) atoms. The number of rotatable bonds is 7. The normalized spacial score (nSPS) is 10.7. The Morgan fingerprint density at radius 3 is 2.64 bits per heavy atom. The van der Waals surface area contributed by atoms with Crippen LogP contribution in [0.2, 0.25) is 0 Å². The maximum Gasteiger partial charge on any atom is 0.331 e. The number of hydrogen-bond donors (Lipinski definition) is 2. The first-order valence-electron chi connectivity index (χ1n) is 8.16. The summed E-state index contributed by atoms with van der Waals surface area (Å²) in [6, 6.07) is 11.4. The van der Waals surface area contributed by atoms with Crippen LogP contribution in [0.5, 0.6) is 5.75 Å². The molecule has 0 radical (unpaired) electrons. The molecular formula is C20H24N2O3. The van der Waals surface area contributed by atoms with Crippen LogP contribution in [0.4, 0.5) is 11.4 Å². The number of esters is 1. The topological polar surface area (TPSA) is 73.6 Å². The minimum absolute atomic E-state index is 0.244. The molecule has 5 nitrogen and oxygen atoms in total. The van der Waals surface area contributed by atoms with Crippen LogP contribution in [-0.2, 0) is 16.1 Å². The zero-order chi connectivity index (χ0) is 18.2. The Morgan fingerprint density at radius 2 is 2.00 bits per heavy atom. The van der Waals surface area contributed by atoms with Crippen LogP contribution in [0.1, 0.15) is 23.6 Å². The van der Waals surface area contributed by atoms with Gasteiger partial charge in [0.15, 0.2) is 0 Å². The second-order valence-electron chi connectivity index (χ2n) is 5.54. The number of ether oxygens (including phenoxy) is 2. The lowest BCUT2D eigenvalue weighted by Gasteiger charge is -2.16. The Kier molecular flexibility index (Phi) is 6.46. The fourth-order valence-corrected chi connectivity index (χ4v) is 2.43. The number of benzene rings is 2. The van der Waals surface area contributed by atoms with Crippen LogP contribution in [0.25, 0.3) is 6.08 Å². The highest BCUT2D eigenvalue weighted by molar-refractivity contribution is 5.89. The van der Waals surface area contributed by atoms with Gasteiger partial charge < -0.3 is 20.5 Å². The van der Waals surface area contributed by atoms with Crippen molar-refractivity contribution in [2.24, 2.45) is 0 Å². The van der Waals surface area contributed by atoms with Crippen LogP contribution in [0.3, 0.4) is 0 Å². The molecular weight excluding hydrogens is 316 g/mol. The molecule has 0 atom stereocenters. The Bertz CT molecular complexity index is 755. The summed E-state index contributed by atoms with van der Waals surface area (Å²) in [5.74, 6) is 0.235. The average Bonchev–Trinajstić information content (AvgIpc) is 2.64. The summed E-state index contributed by atoms with van der Waals surface area (Å²) in [5.41, 5.74) is 10.2. The van der Waals surface area contributed by atoms with Crippen molar-refractivity contribution in [2.75, 3.05) is 24.7 Å². The Balaban J connectivity index is 2.11. The van der Waals surface area contributed by atoms with Gasteiger partial charge in [0.1, 0.15) is 18.0 Å². The Hall–Kier alpha value is -2.95. The first-order chi connectivity index (χ1) is 12.1. The van der Waals surface area contributed by atoms with Crippen molar-refractivity contribution in [1.29, 1.82) is 0 Å². The third-order valence-electron chi connectivity index (χ3n) is 3.84. The molecule has 0 aliphatic carbocycles. The minimum atomic E-state index is -0.406. The first-order valence-corrected chi connectivity index (χ1v) is 8.16. The molecule has 0 bridgehead atoms. The molecule has 0 aliphatic rings. The number of carbonyl (C=O) groups excluding carboxylic acids is 1. The number of nitrogens with two attached hydrogens (primary N) is 1. The highest BCUT2D eigenvalue weighted by Gasteiger charge is 2.12. The molecule has 132 valence electrons. The van der Waals surface area contributed by atoms with Crippen molar-refractivity contribution in [3.8, 4) is 5.75 Å². The van der Waals surface area contributed by atoms with Crippen molar-refractivity contribution in [1.82, 2.24) is 0 Å². The smallest absolute Gasteiger partial charge is 0.331 e. The largest absolute Gasteiger partial charge is 0.494 e. The summed E-state index contributed by atoms with van der Waals surface area (Å²) in [6.07, 6.45) is 3.09. The number of methoxy groups -OCH3 is 1. The molecule has 0 saturated heterocycles. The lowest BCUT2D eigenvalue weighted by molar-refractivity contribution is -0.138. The van der Waals surface area contributed by atoms with Crippen molar-refractivity contribution < 1.29 is 14.3 Å². The Morgan fingerprint density at radius 1 is 1.28 bits per heavy atom.